The molecule has 1 amide bonds. The molecule has 6 heteroatoms. The maximum absolute atomic E-state index is 12.1. The lowest BCUT2D eigenvalue weighted by Gasteiger charge is -2.06. The molecule has 0 spiro atoms. The number of nitrogens with one attached hydrogen (secondary N) is 1. The van der Waals surface area contributed by atoms with Crippen molar-refractivity contribution in [3.05, 3.63) is 57.3 Å². The summed E-state index contributed by atoms with van der Waals surface area (Å²) in [5.41, 5.74) is 2.26. The Morgan fingerprint density at radius 2 is 2.05 bits per heavy atom. The molecule has 0 aliphatic carbocycles. The molecule has 0 unspecified atom stereocenters. The number of amides is 1. The van der Waals surface area contributed by atoms with Crippen molar-refractivity contribution in [1.82, 2.24) is 5.32 Å². The summed E-state index contributed by atoms with van der Waals surface area (Å²) < 4.78 is 22.6. The molecular formula is C15H17NO3S2. The van der Waals surface area contributed by atoms with E-state index in [4.69, 9.17) is 0 Å². The number of hydrogen-bond donors (Lipinski definition) is 1. The van der Waals surface area contributed by atoms with Crippen molar-refractivity contribution in [3.8, 4) is 0 Å². The third-order valence-electron chi connectivity index (χ3n) is 3.00. The number of hydrogen-bond acceptors (Lipinski definition) is 4. The molecule has 1 heterocycles. The fourth-order valence-corrected chi connectivity index (χ4v) is 3.58. The monoisotopic (exact) mass is 323 g/mol. The van der Waals surface area contributed by atoms with Gasteiger partial charge in [0.25, 0.3) is 5.91 Å². The van der Waals surface area contributed by atoms with E-state index in [1.54, 1.807) is 35.6 Å². The van der Waals surface area contributed by atoms with Crippen molar-refractivity contribution >= 4 is 27.1 Å². The van der Waals surface area contributed by atoms with E-state index < -0.39 is 9.84 Å². The molecule has 21 heavy (non-hydrogen) atoms. The fraction of sp³-hybridized carbons (Fsp3) is 0.267. The highest BCUT2D eigenvalue weighted by Crippen LogP contribution is 2.15. The first-order valence-corrected chi connectivity index (χ1v) is 9.37. The third kappa shape index (κ3) is 4.68. The van der Waals surface area contributed by atoms with Crippen LogP contribution in [0.4, 0.5) is 0 Å². The smallest absolute Gasteiger partial charge is 0.251 e. The van der Waals surface area contributed by atoms with Crippen LogP contribution in [-0.4, -0.2) is 20.6 Å². The van der Waals surface area contributed by atoms with Crippen LogP contribution in [0.3, 0.4) is 0 Å². The molecule has 1 aromatic heterocycles. The van der Waals surface area contributed by atoms with Crippen LogP contribution in [0.5, 0.6) is 0 Å². The Bertz CT molecular complexity index is 748. The summed E-state index contributed by atoms with van der Waals surface area (Å²) in [7, 11) is -3.10. The molecule has 0 radical (unpaired) electrons. The Morgan fingerprint density at radius 3 is 2.67 bits per heavy atom. The van der Waals surface area contributed by atoms with Crippen LogP contribution in [0.2, 0.25) is 0 Å². The average Bonchev–Trinajstić information content (AvgIpc) is 2.80. The first-order valence-electron chi connectivity index (χ1n) is 6.43. The molecule has 112 valence electrons. The van der Waals surface area contributed by atoms with E-state index in [1.807, 2.05) is 18.4 Å². The molecule has 2 aromatic rings. The number of benzene rings is 1. The van der Waals surface area contributed by atoms with Gasteiger partial charge in [-0.3, -0.25) is 4.79 Å². The van der Waals surface area contributed by atoms with Gasteiger partial charge in [0, 0.05) is 16.7 Å². The number of aryl methyl sites for hydroxylation is 1. The molecule has 0 aliphatic heterocycles. The molecule has 0 atom stereocenters. The highest BCUT2D eigenvalue weighted by molar-refractivity contribution is 7.89. The lowest BCUT2D eigenvalue weighted by molar-refractivity contribution is 0.0951. The fourth-order valence-electron chi connectivity index (χ4n) is 1.95. The lowest BCUT2D eigenvalue weighted by Crippen LogP contribution is -2.22. The highest BCUT2D eigenvalue weighted by atomic mass is 32.2. The van der Waals surface area contributed by atoms with Crippen molar-refractivity contribution in [3.63, 3.8) is 0 Å². The molecule has 4 nitrogen and oxygen atoms in total. The molecule has 0 aliphatic rings. The summed E-state index contributed by atoms with van der Waals surface area (Å²) in [5.74, 6) is -0.254. The second-order valence-electron chi connectivity index (χ2n) is 4.98. The quantitative estimate of drug-likeness (QED) is 0.919. The Labute approximate surface area is 128 Å². The van der Waals surface area contributed by atoms with Gasteiger partial charge in [0.15, 0.2) is 9.84 Å². The summed E-state index contributed by atoms with van der Waals surface area (Å²) in [4.78, 5) is 13.2. The Morgan fingerprint density at radius 1 is 1.29 bits per heavy atom. The van der Waals surface area contributed by atoms with Crippen LogP contribution in [-0.2, 0) is 22.1 Å². The first-order chi connectivity index (χ1) is 9.85. The molecular weight excluding hydrogens is 306 g/mol. The van der Waals surface area contributed by atoms with Gasteiger partial charge in [0.1, 0.15) is 0 Å². The zero-order valence-corrected chi connectivity index (χ0v) is 13.6. The van der Waals surface area contributed by atoms with Gasteiger partial charge in [-0.05, 0) is 41.6 Å². The Kier molecular flexibility index (Phi) is 4.80. The largest absolute Gasteiger partial charge is 0.347 e. The van der Waals surface area contributed by atoms with Gasteiger partial charge >= 0.3 is 0 Å². The third-order valence-corrected chi connectivity index (χ3v) is 4.88. The summed E-state index contributed by atoms with van der Waals surface area (Å²) in [6.07, 6.45) is 1.18. The number of rotatable bonds is 5. The second-order valence-corrected chi connectivity index (χ2v) is 8.12. The maximum Gasteiger partial charge on any atom is 0.251 e. The van der Waals surface area contributed by atoms with Crippen LogP contribution in [0.15, 0.2) is 35.7 Å². The molecule has 0 fully saturated rings. The summed E-state index contributed by atoms with van der Waals surface area (Å²) in [6, 6.07) is 8.73. The number of thiophene rings is 1. The van der Waals surface area contributed by atoms with Crippen LogP contribution in [0.1, 0.15) is 26.4 Å². The molecule has 0 bridgehead atoms. The van der Waals surface area contributed by atoms with Gasteiger partial charge in [-0.2, -0.15) is 0 Å². The van der Waals surface area contributed by atoms with Crippen molar-refractivity contribution in [2.75, 3.05) is 6.26 Å². The van der Waals surface area contributed by atoms with Crippen molar-refractivity contribution in [1.29, 1.82) is 0 Å². The van der Waals surface area contributed by atoms with Crippen LogP contribution in [0.25, 0.3) is 0 Å². The Hall–Kier alpha value is -1.66. The molecule has 1 aromatic carbocycles. The SMILES string of the molecule is Cc1ccsc1CNC(=O)c1cccc(CS(C)(=O)=O)c1. The van der Waals surface area contributed by atoms with Gasteiger partial charge < -0.3 is 5.32 Å². The minimum absolute atomic E-state index is 0.0574. The summed E-state index contributed by atoms with van der Waals surface area (Å²) in [5, 5.41) is 4.84. The predicted octanol–water partition coefficient (Wildman–Crippen LogP) is 2.53. The minimum Gasteiger partial charge on any atom is -0.347 e. The van der Waals surface area contributed by atoms with E-state index in [2.05, 4.69) is 5.32 Å². The van der Waals surface area contributed by atoms with E-state index >= 15 is 0 Å². The van der Waals surface area contributed by atoms with Gasteiger partial charge in [-0.25, -0.2) is 8.42 Å². The van der Waals surface area contributed by atoms with E-state index in [0.29, 0.717) is 17.7 Å². The summed E-state index contributed by atoms with van der Waals surface area (Å²) in [6.45, 7) is 2.49. The first kappa shape index (κ1) is 15.7. The molecule has 1 N–H and O–H groups in total. The van der Waals surface area contributed by atoms with Crippen LogP contribution >= 0.6 is 11.3 Å². The van der Waals surface area contributed by atoms with E-state index in [-0.39, 0.29) is 11.7 Å². The van der Waals surface area contributed by atoms with Crippen molar-refractivity contribution in [2.45, 2.75) is 19.2 Å². The number of sulfone groups is 1. The van der Waals surface area contributed by atoms with Crippen molar-refractivity contribution < 1.29 is 13.2 Å². The summed E-state index contributed by atoms with van der Waals surface area (Å²) >= 11 is 1.60. The molecule has 0 saturated carbocycles. The van der Waals surface area contributed by atoms with Crippen LogP contribution < -0.4 is 5.32 Å². The van der Waals surface area contributed by atoms with E-state index in [1.165, 1.54) is 6.26 Å². The van der Waals surface area contributed by atoms with Crippen LogP contribution in [0, 0.1) is 6.92 Å². The van der Waals surface area contributed by atoms with Gasteiger partial charge in [-0.1, -0.05) is 12.1 Å². The lowest BCUT2D eigenvalue weighted by atomic mass is 10.1. The number of carbonyl (C=O) groups is 1. The van der Waals surface area contributed by atoms with Gasteiger partial charge in [0.05, 0.1) is 12.3 Å². The number of carbonyl (C=O) groups excluding carboxylic acids is 1. The van der Waals surface area contributed by atoms with Gasteiger partial charge in [-0.15, -0.1) is 11.3 Å². The minimum atomic E-state index is -3.10. The predicted molar refractivity (Wildman–Crippen MR) is 85.2 cm³/mol. The standard InChI is InChI=1S/C15H17NO3S2/c1-11-6-7-20-14(11)9-16-15(17)13-5-3-4-12(8-13)10-21(2,18)19/h3-8H,9-10H2,1-2H3,(H,16,17). The normalized spacial score (nSPS) is 11.3. The molecule has 2 rings (SSSR count). The highest BCUT2D eigenvalue weighted by Gasteiger charge is 2.10. The second kappa shape index (κ2) is 6.41. The zero-order chi connectivity index (χ0) is 15.5. The van der Waals surface area contributed by atoms with Gasteiger partial charge in [0.2, 0.25) is 0 Å². The zero-order valence-electron chi connectivity index (χ0n) is 11.9. The van der Waals surface area contributed by atoms with E-state index in [9.17, 15) is 13.2 Å². The molecule has 0 saturated heterocycles. The van der Waals surface area contributed by atoms with E-state index in [0.717, 1.165) is 10.4 Å². The Balaban J connectivity index is 2.06. The maximum atomic E-state index is 12.1. The topological polar surface area (TPSA) is 63.2 Å². The van der Waals surface area contributed by atoms with Crippen molar-refractivity contribution in [2.24, 2.45) is 0 Å². The average molecular weight is 323 g/mol.